The van der Waals surface area contributed by atoms with E-state index in [-0.39, 0.29) is 12.0 Å². The monoisotopic (exact) mass is 355 g/mol. The van der Waals surface area contributed by atoms with Crippen molar-refractivity contribution in [1.82, 2.24) is 5.32 Å². The zero-order valence-corrected chi connectivity index (χ0v) is 16.3. The Balaban J connectivity index is 1.96. The van der Waals surface area contributed by atoms with E-state index in [0.717, 1.165) is 28.2 Å². The number of rotatable bonds is 8. The Hall–Kier alpha value is -2.49. The number of hydrogen-bond acceptors (Lipinski definition) is 3. The summed E-state index contributed by atoms with van der Waals surface area (Å²) < 4.78 is 11.6. The lowest BCUT2D eigenvalue weighted by Gasteiger charge is -2.18. The number of carbonyl (C=O) groups excluding carboxylic acids is 1. The van der Waals surface area contributed by atoms with Gasteiger partial charge in [-0.05, 0) is 75.1 Å². The summed E-state index contributed by atoms with van der Waals surface area (Å²) in [5.41, 5.74) is 3.24. The van der Waals surface area contributed by atoms with Gasteiger partial charge in [-0.1, -0.05) is 25.1 Å². The van der Waals surface area contributed by atoms with Crippen molar-refractivity contribution in [2.75, 3.05) is 0 Å². The molecule has 0 aliphatic rings. The third kappa shape index (κ3) is 6.10. The molecule has 26 heavy (non-hydrogen) atoms. The van der Waals surface area contributed by atoms with Crippen LogP contribution in [0.1, 0.15) is 43.9 Å². The highest BCUT2D eigenvalue weighted by atomic mass is 16.5. The first kappa shape index (κ1) is 19.8. The lowest BCUT2D eigenvalue weighted by atomic mass is 10.1. The predicted molar refractivity (Wildman–Crippen MR) is 105 cm³/mol. The van der Waals surface area contributed by atoms with Gasteiger partial charge in [0.15, 0.2) is 6.10 Å². The van der Waals surface area contributed by atoms with Gasteiger partial charge >= 0.3 is 0 Å². The second-order valence-electron chi connectivity index (χ2n) is 6.87. The number of hydrogen-bond donors (Lipinski definition) is 1. The molecule has 1 N–H and O–H groups in total. The molecule has 0 radical (unpaired) electrons. The number of nitrogens with one attached hydrogen (secondary N) is 1. The summed E-state index contributed by atoms with van der Waals surface area (Å²) in [5.74, 6) is 1.43. The predicted octanol–water partition coefficient (Wildman–Crippen LogP) is 4.56. The minimum Gasteiger partial charge on any atom is -0.491 e. The zero-order chi connectivity index (χ0) is 19.1. The van der Waals surface area contributed by atoms with E-state index in [2.05, 4.69) is 11.4 Å². The maximum absolute atomic E-state index is 12.5. The fraction of sp³-hybridized carbons (Fsp3) is 0.409. The van der Waals surface area contributed by atoms with E-state index in [9.17, 15) is 4.79 Å². The lowest BCUT2D eigenvalue weighted by molar-refractivity contribution is -0.128. The van der Waals surface area contributed by atoms with Gasteiger partial charge in [0, 0.05) is 6.54 Å². The third-order valence-corrected chi connectivity index (χ3v) is 3.87. The third-order valence-electron chi connectivity index (χ3n) is 3.87. The molecule has 1 unspecified atom stereocenters. The number of carbonyl (C=O) groups is 1. The number of aryl methyl sites for hydroxylation is 2. The van der Waals surface area contributed by atoms with Crippen molar-refractivity contribution in [1.29, 1.82) is 0 Å². The number of benzene rings is 2. The van der Waals surface area contributed by atoms with E-state index in [1.165, 1.54) is 0 Å². The van der Waals surface area contributed by atoms with Gasteiger partial charge in [-0.3, -0.25) is 4.79 Å². The zero-order valence-electron chi connectivity index (χ0n) is 16.3. The molecular formula is C22H29NO3. The molecular weight excluding hydrogens is 326 g/mol. The van der Waals surface area contributed by atoms with E-state index in [1.807, 2.05) is 71.0 Å². The highest BCUT2D eigenvalue weighted by molar-refractivity contribution is 5.81. The van der Waals surface area contributed by atoms with Crippen LogP contribution >= 0.6 is 0 Å². The summed E-state index contributed by atoms with van der Waals surface area (Å²) >= 11 is 0. The van der Waals surface area contributed by atoms with Gasteiger partial charge in [0.05, 0.1) is 6.10 Å². The summed E-state index contributed by atoms with van der Waals surface area (Å²) in [6.07, 6.45) is 0.219. The van der Waals surface area contributed by atoms with Gasteiger partial charge in [0.25, 0.3) is 5.91 Å². The highest BCUT2D eigenvalue weighted by Crippen LogP contribution is 2.19. The van der Waals surface area contributed by atoms with Crippen molar-refractivity contribution < 1.29 is 14.3 Å². The minimum atomic E-state index is -0.508. The van der Waals surface area contributed by atoms with E-state index >= 15 is 0 Å². The van der Waals surface area contributed by atoms with Gasteiger partial charge in [-0.2, -0.15) is 0 Å². The Morgan fingerprint density at radius 3 is 2.31 bits per heavy atom. The molecule has 2 aromatic rings. The SMILES string of the molecule is CCC(Oc1cc(C)cc(C)c1)C(=O)NCc1cccc(OC(C)C)c1. The van der Waals surface area contributed by atoms with Gasteiger partial charge in [-0.25, -0.2) is 0 Å². The normalized spacial score (nSPS) is 11.9. The summed E-state index contributed by atoms with van der Waals surface area (Å²) in [6.45, 7) is 10.4. The Kier molecular flexibility index (Phi) is 7.07. The van der Waals surface area contributed by atoms with Gasteiger partial charge in [0.1, 0.15) is 11.5 Å². The Labute approximate surface area is 156 Å². The Bertz CT molecular complexity index is 720. The van der Waals surface area contributed by atoms with Crippen molar-refractivity contribution in [2.24, 2.45) is 0 Å². The van der Waals surface area contributed by atoms with E-state index in [0.29, 0.717) is 13.0 Å². The fourth-order valence-corrected chi connectivity index (χ4v) is 2.79. The molecule has 2 rings (SSSR count). The topological polar surface area (TPSA) is 47.6 Å². The van der Waals surface area contributed by atoms with Crippen molar-refractivity contribution in [2.45, 2.75) is 59.8 Å². The minimum absolute atomic E-state index is 0.109. The molecule has 1 amide bonds. The molecule has 0 bridgehead atoms. The molecule has 4 nitrogen and oxygen atoms in total. The first-order valence-electron chi connectivity index (χ1n) is 9.15. The molecule has 1 atom stereocenters. The van der Waals surface area contributed by atoms with Gasteiger partial charge in [0.2, 0.25) is 0 Å². The van der Waals surface area contributed by atoms with Crippen molar-refractivity contribution in [3.63, 3.8) is 0 Å². The standard InChI is InChI=1S/C22H29NO3/c1-6-21(26-20-11-16(4)10-17(5)12-20)22(24)23-14-18-8-7-9-19(13-18)25-15(2)3/h7-13,15,21H,6,14H2,1-5H3,(H,23,24). The second-order valence-corrected chi connectivity index (χ2v) is 6.87. The maximum atomic E-state index is 12.5. The van der Waals surface area contributed by atoms with Crippen LogP contribution < -0.4 is 14.8 Å². The van der Waals surface area contributed by atoms with Crippen LogP contribution in [0.15, 0.2) is 42.5 Å². The van der Waals surface area contributed by atoms with Gasteiger partial charge in [-0.15, -0.1) is 0 Å². The van der Waals surface area contributed by atoms with Crippen LogP contribution in [0, 0.1) is 13.8 Å². The second kappa shape index (κ2) is 9.27. The molecule has 4 heteroatoms. The van der Waals surface area contributed by atoms with Gasteiger partial charge < -0.3 is 14.8 Å². The van der Waals surface area contributed by atoms with E-state index in [4.69, 9.17) is 9.47 Å². The lowest BCUT2D eigenvalue weighted by Crippen LogP contribution is -2.37. The quantitative estimate of drug-likeness (QED) is 0.755. The first-order valence-corrected chi connectivity index (χ1v) is 9.15. The molecule has 140 valence electrons. The molecule has 0 aliphatic heterocycles. The van der Waals surface area contributed by atoms with Crippen LogP contribution in [0.4, 0.5) is 0 Å². The summed E-state index contributed by atoms with van der Waals surface area (Å²) in [5, 5.41) is 2.96. The molecule has 0 aliphatic carbocycles. The molecule has 0 saturated heterocycles. The average Bonchev–Trinajstić information content (AvgIpc) is 2.56. The molecule has 2 aromatic carbocycles. The number of ether oxygens (including phenoxy) is 2. The molecule has 0 fully saturated rings. The maximum Gasteiger partial charge on any atom is 0.261 e. The smallest absolute Gasteiger partial charge is 0.261 e. The molecule has 0 spiro atoms. The Morgan fingerprint density at radius 1 is 1.00 bits per heavy atom. The van der Waals surface area contributed by atoms with Crippen molar-refractivity contribution >= 4 is 5.91 Å². The van der Waals surface area contributed by atoms with Crippen LogP contribution in [0.25, 0.3) is 0 Å². The summed E-state index contributed by atoms with van der Waals surface area (Å²) in [4.78, 5) is 12.5. The highest BCUT2D eigenvalue weighted by Gasteiger charge is 2.18. The van der Waals surface area contributed by atoms with Crippen LogP contribution in [0.3, 0.4) is 0 Å². The van der Waals surface area contributed by atoms with Crippen molar-refractivity contribution in [3.8, 4) is 11.5 Å². The Morgan fingerprint density at radius 2 is 1.69 bits per heavy atom. The fourth-order valence-electron chi connectivity index (χ4n) is 2.79. The van der Waals surface area contributed by atoms with Crippen LogP contribution in [0.5, 0.6) is 11.5 Å². The molecule has 0 heterocycles. The largest absolute Gasteiger partial charge is 0.491 e. The average molecular weight is 355 g/mol. The van der Waals surface area contributed by atoms with Crippen LogP contribution in [-0.4, -0.2) is 18.1 Å². The summed E-state index contributed by atoms with van der Waals surface area (Å²) in [6, 6.07) is 13.8. The van der Waals surface area contributed by atoms with Crippen molar-refractivity contribution in [3.05, 3.63) is 59.2 Å². The van der Waals surface area contributed by atoms with E-state index in [1.54, 1.807) is 0 Å². The van der Waals surface area contributed by atoms with Crippen LogP contribution in [0.2, 0.25) is 0 Å². The van der Waals surface area contributed by atoms with E-state index < -0.39 is 6.10 Å². The molecule has 0 saturated carbocycles. The summed E-state index contributed by atoms with van der Waals surface area (Å²) in [7, 11) is 0. The van der Waals surface area contributed by atoms with Crippen LogP contribution in [-0.2, 0) is 11.3 Å². The molecule has 0 aromatic heterocycles. The number of amides is 1. The first-order chi connectivity index (χ1) is 12.4.